The third-order valence-corrected chi connectivity index (χ3v) is 1.69. The van der Waals surface area contributed by atoms with Crippen molar-refractivity contribution >= 4 is 11.9 Å². The number of esters is 1. The number of hydrogen-bond donors (Lipinski definition) is 1. The van der Waals surface area contributed by atoms with Gasteiger partial charge >= 0.3 is 5.97 Å². The van der Waals surface area contributed by atoms with Gasteiger partial charge in [0.15, 0.2) is 0 Å². The minimum Gasteiger partial charge on any atom is -0.466 e. The Morgan fingerprint density at radius 2 is 2.21 bits per heavy atom. The number of amides is 1. The molecule has 82 valence electrons. The predicted molar refractivity (Wildman–Crippen MR) is 53.8 cm³/mol. The molecule has 0 aromatic rings. The highest BCUT2D eigenvalue weighted by Gasteiger charge is 2.14. The van der Waals surface area contributed by atoms with Gasteiger partial charge in [-0.1, -0.05) is 13.3 Å². The maximum absolute atomic E-state index is 11.3. The van der Waals surface area contributed by atoms with Gasteiger partial charge in [-0.15, -0.1) is 0 Å². The van der Waals surface area contributed by atoms with Gasteiger partial charge < -0.3 is 10.1 Å². The van der Waals surface area contributed by atoms with E-state index in [4.69, 9.17) is 8.85 Å². The molecule has 0 spiro atoms. The Morgan fingerprint density at radius 1 is 1.50 bits per heavy atom. The van der Waals surface area contributed by atoms with Crippen LogP contribution in [-0.4, -0.2) is 24.5 Å². The number of carbonyl (C=O) groups is 2. The third kappa shape index (κ3) is 6.46. The zero-order valence-corrected chi connectivity index (χ0v) is 8.63. The molecule has 0 saturated carbocycles. The predicted octanol–water partition coefficient (Wildman–Crippen LogP) is 1.24. The first kappa shape index (κ1) is 8.26. The summed E-state index contributed by atoms with van der Waals surface area (Å²) in [6, 6.07) is -0.480. The summed E-state index contributed by atoms with van der Waals surface area (Å²) in [4.78, 5) is 22.5. The quantitative estimate of drug-likeness (QED) is 0.662. The second-order valence-electron chi connectivity index (χ2n) is 2.97. The van der Waals surface area contributed by atoms with Gasteiger partial charge in [0.25, 0.3) is 0 Å². The van der Waals surface area contributed by atoms with Crippen LogP contribution < -0.4 is 5.32 Å². The minimum atomic E-state index is -2.68. The topological polar surface area (TPSA) is 55.4 Å². The van der Waals surface area contributed by atoms with Crippen LogP contribution in [-0.2, 0) is 14.3 Å². The van der Waals surface area contributed by atoms with Crippen LogP contribution in [0.2, 0.25) is 0 Å². The molecular formula is C10H19NO3. The summed E-state index contributed by atoms with van der Waals surface area (Å²) in [7, 11) is 0. The first-order valence-corrected chi connectivity index (χ1v) is 4.77. The van der Waals surface area contributed by atoms with E-state index in [2.05, 4.69) is 5.32 Å². The molecule has 4 heteroatoms. The van der Waals surface area contributed by atoms with E-state index in [9.17, 15) is 9.59 Å². The first-order chi connectivity index (χ1) is 7.81. The van der Waals surface area contributed by atoms with Crippen molar-refractivity contribution in [3.8, 4) is 0 Å². The van der Waals surface area contributed by atoms with Crippen LogP contribution in [0, 0.1) is 0 Å². The summed E-state index contributed by atoms with van der Waals surface area (Å²) in [5.74, 6) is -1.46. The fraction of sp³-hybridized carbons (Fsp3) is 0.800. The van der Waals surface area contributed by atoms with Crippen LogP contribution >= 0.6 is 0 Å². The third-order valence-electron chi connectivity index (χ3n) is 1.69. The molecule has 0 saturated heterocycles. The average Bonchev–Trinajstić information content (AvgIpc) is 2.16. The highest BCUT2D eigenvalue weighted by molar-refractivity contribution is 5.75. The van der Waals surface area contributed by atoms with E-state index in [0.29, 0.717) is 6.42 Å². The SMILES string of the molecule is [2H]C([2H])([2H])C(=O)N[C@H](CCC)CC(=O)OCC. The van der Waals surface area contributed by atoms with Crippen LogP contribution in [0.5, 0.6) is 0 Å². The Balaban J connectivity index is 4.33. The Morgan fingerprint density at radius 3 is 2.71 bits per heavy atom. The van der Waals surface area contributed by atoms with Crippen molar-refractivity contribution in [3.05, 3.63) is 0 Å². The summed E-state index contributed by atoms with van der Waals surface area (Å²) in [5.41, 5.74) is 0. The molecule has 0 heterocycles. The number of hydrogen-bond acceptors (Lipinski definition) is 3. The first-order valence-electron chi connectivity index (χ1n) is 6.27. The second-order valence-corrected chi connectivity index (χ2v) is 2.97. The summed E-state index contributed by atoms with van der Waals surface area (Å²) >= 11 is 0. The molecule has 0 unspecified atom stereocenters. The summed E-state index contributed by atoms with van der Waals surface area (Å²) in [6.07, 6.45) is 1.29. The van der Waals surface area contributed by atoms with Crippen molar-refractivity contribution in [2.24, 2.45) is 0 Å². The lowest BCUT2D eigenvalue weighted by Gasteiger charge is -2.15. The van der Waals surface area contributed by atoms with E-state index in [1.807, 2.05) is 6.92 Å². The molecule has 0 bridgehead atoms. The molecule has 0 rings (SSSR count). The zero-order chi connectivity index (χ0) is 13.5. The van der Waals surface area contributed by atoms with Crippen molar-refractivity contribution in [1.82, 2.24) is 5.32 Å². The lowest BCUT2D eigenvalue weighted by atomic mass is 10.1. The van der Waals surface area contributed by atoms with Gasteiger partial charge in [-0.25, -0.2) is 0 Å². The molecule has 1 atom stereocenters. The van der Waals surface area contributed by atoms with Crippen LogP contribution in [0.15, 0.2) is 0 Å². The zero-order valence-electron chi connectivity index (χ0n) is 11.6. The number of nitrogens with one attached hydrogen (secondary N) is 1. The molecule has 0 aliphatic heterocycles. The highest BCUT2D eigenvalue weighted by atomic mass is 16.5. The normalized spacial score (nSPS) is 16.0. The van der Waals surface area contributed by atoms with E-state index in [1.165, 1.54) is 0 Å². The molecule has 0 aromatic heterocycles. The van der Waals surface area contributed by atoms with E-state index >= 15 is 0 Å². The van der Waals surface area contributed by atoms with Crippen molar-refractivity contribution in [1.29, 1.82) is 0 Å². The van der Waals surface area contributed by atoms with E-state index in [0.717, 1.165) is 6.42 Å². The van der Waals surface area contributed by atoms with Crippen LogP contribution in [0.3, 0.4) is 0 Å². The van der Waals surface area contributed by atoms with Crippen molar-refractivity contribution in [2.75, 3.05) is 6.61 Å². The van der Waals surface area contributed by atoms with E-state index in [1.54, 1.807) is 6.92 Å². The van der Waals surface area contributed by atoms with Gasteiger partial charge in [-0.3, -0.25) is 9.59 Å². The van der Waals surface area contributed by atoms with Crippen molar-refractivity contribution < 1.29 is 18.4 Å². The van der Waals surface area contributed by atoms with Gasteiger partial charge in [0, 0.05) is 17.0 Å². The van der Waals surface area contributed by atoms with Gasteiger partial charge in [-0.05, 0) is 13.3 Å². The van der Waals surface area contributed by atoms with Gasteiger partial charge in [0.1, 0.15) is 0 Å². The maximum atomic E-state index is 11.3. The molecule has 14 heavy (non-hydrogen) atoms. The van der Waals surface area contributed by atoms with E-state index in [-0.39, 0.29) is 13.0 Å². The maximum Gasteiger partial charge on any atom is 0.307 e. The molecule has 1 amide bonds. The van der Waals surface area contributed by atoms with Crippen molar-refractivity contribution in [3.63, 3.8) is 0 Å². The molecular weight excluding hydrogens is 182 g/mol. The smallest absolute Gasteiger partial charge is 0.307 e. The van der Waals surface area contributed by atoms with Gasteiger partial charge in [-0.2, -0.15) is 0 Å². The largest absolute Gasteiger partial charge is 0.466 e. The number of carbonyl (C=O) groups excluding carboxylic acids is 2. The Labute approximate surface area is 89.2 Å². The standard InChI is InChI=1S/C10H19NO3/c1-4-6-9(11-8(3)12)7-10(13)14-5-2/h9H,4-7H2,1-3H3,(H,11,12)/t9-/m1/s1/i3D3. The highest BCUT2D eigenvalue weighted by Crippen LogP contribution is 2.03. The Bertz CT molecular complexity index is 266. The Hall–Kier alpha value is -1.06. The number of ether oxygens (including phenoxy) is 1. The molecule has 0 fully saturated rings. The van der Waals surface area contributed by atoms with Crippen LogP contribution in [0.4, 0.5) is 0 Å². The van der Waals surface area contributed by atoms with Crippen LogP contribution in [0.1, 0.15) is 44.1 Å². The average molecular weight is 204 g/mol. The molecule has 0 radical (unpaired) electrons. The fourth-order valence-electron chi connectivity index (χ4n) is 1.18. The van der Waals surface area contributed by atoms with Crippen molar-refractivity contribution in [2.45, 2.75) is 46.0 Å². The van der Waals surface area contributed by atoms with Crippen LogP contribution in [0.25, 0.3) is 0 Å². The summed E-state index contributed by atoms with van der Waals surface area (Å²) < 4.78 is 25.6. The molecule has 0 aliphatic carbocycles. The van der Waals surface area contributed by atoms with E-state index < -0.39 is 24.8 Å². The molecule has 4 nitrogen and oxygen atoms in total. The summed E-state index contributed by atoms with van der Waals surface area (Å²) in [5, 5.41) is 2.34. The molecule has 1 N–H and O–H groups in total. The molecule has 0 aliphatic rings. The molecule has 0 aromatic carbocycles. The second kappa shape index (κ2) is 7.35. The van der Waals surface area contributed by atoms with Gasteiger partial charge in [0.2, 0.25) is 5.91 Å². The fourth-order valence-corrected chi connectivity index (χ4v) is 1.18. The number of rotatable bonds is 6. The van der Waals surface area contributed by atoms with Gasteiger partial charge in [0.05, 0.1) is 13.0 Å². The Kier molecular flexibility index (Phi) is 4.34. The monoisotopic (exact) mass is 204 g/mol. The lowest BCUT2D eigenvalue weighted by Crippen LogP contribution is -2.35. The lowest BCUT2D eigenvalue weighted by molar-refractivity contribution is -0.143. The summed E-state index contributed by atoms with van der Waals surface area (Å²) in [6.45, 7) is 1.17. The minimum absolute atomic E-state index is 0.00347.